The lowest BCUT2D eigenvalue weighted by Gasteiger charge is -2.24. The lowest BCUT2D eigenvalue weighted by molar-refractivity contribution is 0.0828. The summed E-state index contributed by atoms with van der Waals surface area (Å²) in [5.74, 6) is 1.24. The lowest BCUT2D eigenvalue weighted by atomic mass is 10.1. The van der Waals surface area contributed by atoms with Crippen molar-refractivity contribution in [2.45, 2.75) is 6.23 Å². The molecule has 25 heavy (non-hydrogen) atoms. The van der Waals surface area contributed by atoms with Crippen LogP contribution >= 0.6 is 0 Å². The van der Waals surface area contributed by atoms with Gasteiger partial charge in [-0.3, -0.25) is 9.69 Å². The zero-order chi connectivity index (χ0) is 17.2. The highest BCUT2D eigenvalue weighted by Crippen LogP contribution is 2.42. The SMILES string of the molecule is COc1cccc(C(=O)C2Oc3ccccc3N2c2ccccc2)c1. The average molecular weight is 331 g/mol. The second kappa shape index (κ2) is 6.32. The van der Waals surface area contributed by atoms with Crippen LogP contribution in [0.2, 0.25) is 0 Å². The van der Waals surface area contributed by atoms with Gasteiger partial charge in [-0.25, -0.2) is 0 Å². The summed E-state index contributed by atoms with van der Waals surface area (Å²) in [6.45, 7) is 0. The summed E-state index contributed by atoms with van der Waals surface area (Å²) in [4.78, 5) is 15.1. The first-order valence-corrected chi connectivity index (χ1v) is 8.06. The summed E-state index contributed by atoms with van der Waals surface area (Å²) in [5.41, 5.74) is 2.35. The third-order valence-corrected chi connectivity index (χ3v) is 4.21. The molecule has 0 fully saturated rings. The average Bonchev–Trinajstić information content (AvgIpc) is 3.07. The van der Waals surface area contributed by atoms with Crippen LogP contribution in [0.3, 0.4) is 0 Å². The Kier molecular flexibility index (Phi) is 3.86. The molecule has 3 aromatic carbocycles. The molecule has 4 nitrogen and oxygen atoms in total. The summed E-state index contributed by atoms with van der Waals surface area (Å²) in [5, 5.41) is 0. The van der Waals surface area contributed by atoms with E-state index in [0.717, 1.165) is 11.4 Å². The predicted octanol–water partition coefficient (Wildman–Crippen LogP) is 4.43. The van der Waals surface area contributed by atoms with Gasteiger partial charge in [-0.15, -0.1) is 0 Å². The van der Waals surface area contributed by atoms with Crippen molar-refractivity contribution in [3.05, 3.63) is 84.4 Å². The van der Waals surface area contributed by atoms with Crippen LogP contribution in [-0.4, -0.2) is 19.1 Å². The number of nitrogens with zero attached hydrogens (tertiary/aromatic N) is 1. The van der Waals surface area contributed by atoms with E-state index in [4.69, 9.17) is 9.47 Å². The van der Waals surface area contributed by atoms with Crippen LogP contribution in [0.5, 0.6) is 11.5 Å². The van der Waals surface area contributed by atoms with Crippen LogP contribution in [0.15, 0.2) is 78.9 Å². The minimum Gasteiger partial charge on any atom is -0.497 e. The van der Waals surface area contributed by atoms with Gasteiger partial charge in [0.25, 0.3) is 0 Å². The fourth-order valence-corrected chi connectivity index (χ4v) is 3.01. The van der Waals surface area contributed by atoms with E-state index in [2.05, 4.69) is 0 Å². The summed E-state index contributed by atoms with van der Waals surface area (Å²) in [7, 11) is 1.59. The van der Waals surface area contributed by atoms with E-state index in [1.807, 2.05) is 65.6 Å². The van der Waals surface area contributed by atoms with Gasteiger partial charge < -0.3 is 9.47 Å². The topological polar surface area (TPSA) is 38.8 Å². The van der Waals surface area contributed by atoms with Crippen LogP contribution < -0.4 is 14.4 Å². The number of rotatable bonds is 4. The second-order valence-corrected chi connectivity index (χ2v) is 5.74. The highest BCUT2D eigenvalue weighted by atomic mass is 16.5. The van der Waals surface area contributed by atoms with Crippen LogP contribution in [0.1, 0.15) is 10.4 Å². The molecule has 1 aliphatic heterocycles. The molecule has 1 heterocycles. The van der Waals surface area contributed by atoms with Gasteiger partial charge in [0.15, 0.2) is 0 Å². The van der Waals surface area contributed by atoms with Gasteiger partial charge in [-0.05, 0) is 36.4 Å². The van der Waals surface area contributed by atoms with E-state index in [-0.39, 0.29) is 5.78 Å². The van der Waals surface area contributed by atoms with E-state index >= 15 is 0 Å². The summed E-state index contributed by atoms with van der Waals surface area (Å²) in [6.07, 6.45) is -0.744. The minimum atomic E-state index is -0.744. The smallest absolute Gasteiger partial charge is 0.240 e. The highest BCUT2D eigenvalue weighted by Gasteiger charge is 2.37. The molecule has 0 N–H and O–H groups in total. The largest absolute Gasteiger partial charge is 0.497 e. The Morgan fingerprint density at radius 3 is 2.52 bits per heavy atom. The number of ketones is 1. The van der Waals surface area contributed by atoms with E-state index in [1.165, 1.54) is 0 Å². The Morgan fingerprint density at radius 2 is 1.72 bits per heavy atom. The molecule has 0 spiro atoms. The molecule has 4 heteroatoms. The molecule has 0 saturated carbocycles. The first-order chi connectivity index (χ1) is 12.3. The zero-order valence-corrected chi connectivity index (χ0v) is 13.8. The molecule has 0 radical (unpaired) electrons. The van der Waals surface area contributed by atoms with Crippen molar-refractivity contribution in [2.75, 3.05) is 12.0 Å². The number of fused-ring (bicyclic) bond motifs is 1. The molecule has 0 aliphatic carbocycles. The summed E-state index contributed by atoms with van der Waals surface area (Å²) >= 11 is 0. The molecule has 1 aliphatic rings. The van der Waals surface area contributed by atoms with E-state index < -0.39 is 6.23 Å². The number of methoxy groups -OCH3 is 1. The Labute approximate surface area is 146 Å². The Balaban J connectivity index is 1.76. The summed E-state index contributed by atoms with van der Waals surface area (Å²) in [6, 6.07) is 24.6. The maximum Gasteiger partial charge on any atom is 0.240 e. The van der Waals surface area contributed by atoms with Gasteiger partial charge >= 0.3 is 0 Å². The normalized spacial score (nSPS) is 15.4. The van der Waals surface area contributed by atoms with Crippen molar-refractivity contribution in [3.8, 4) is 11.5 Å². The van der Waals surface area contributed by atoms with Crippen LogP contribution in [0.4, 0.5) is 11.4 Å². The van der Waals surface area contributed by atoms with Crippen molar-refractivity contribution in [1.82, 2.24) is 0 Å². The van der Waals surface area contributed by atoms with E-state index in [1.54, 1.807) is 25.3 Å². The summed E-state index contributed by atoms with van der Waals surface area (Å²) < 4.78 is 11.2. The number of ether oxygens (including phenoxy) is 2. The third kappa shape index (κ3) is 2.72. The maximum absolute atomic E-state index is 13.1. The maximum atomic E-state index is 13.1. The van der Waals surface area contributed by atoms with Gasteiger partial charge in [-0.1, -0.05) is 42.5 Å². The number of hydrogen-bond acceptors (Lipinski definition) is 4. The first kappa shape index (κ1) is 15.3. The highest BCUT2D eigenvalue weighted by molar-refractivity contribution is 6.04. The molecular weight excluding hydrogens is 314 g/mol. The van der Waals surface area contributed by atoms with Crippen LogP contribution in [0.25, 0.3) is 0 Å². The zero-order valence-electron chi connectivity index (χ0n) is 13.8. The van der Waals surface area contributed by atoms with Gasteiger partial charge in [0, 0.05) is 11.3 Å². The number of para-hydroxylation sites is 3. The number of carbonyl (C=O) groups excluding carboxylic acids is 1. The fourth-order valence-electron chi connectivity index (χ4n) is 3.01. The van der Waals surface area contributed by atoms with Gasteiger partial charge in [-0.2, -0.15) is 0 Å². The standard InChI is InChI=1S/C21H17NO3/c1-24-17-11-7-8-15(14-17)20(23)21-22(16-9-3-2-4-10-16)18-12-5-6-13-19(18)25-21/h2-14,21H,1H3. The number of anilines is 2. The monoisotopic (exact) mass is 331 g/mol. The van der Waals surface area contributed by atoms with Gasteiger partial charge in [0.05, 0.1) is 12.8 Å². The molecule has 1 atom stereocenters. The molecule has 124 valence electrons. The Bertz CT molecular complexity index is 908. The van der Waals surface area contributed by atoms with Gasteiger partial charge in [0.2, 0.25) is 12.0 Å². The number of Topliss-reactive ketones (excluding diaryl/α,β-unsaturated/α-hetero) is 1. The molecule has 0 amide bonds. The minimum absolute atomic E-state index is 0.112. The van der Waals surface area contributed by atoms with Crippen LogP contribution in [0, 0.1) is 0 Å². The van der Waals surface area contributed by atoms with Crippen molar-refractivity contribution in [1.29, 1.82) is 0 Å². The van der Waals surface area contributed by atoms with E-state index in [9.17, 15) is 4.79 Å². The predicted molar refractivity (Wildman–Crippen MR) is 96.8 cm³/mol. The molecule has 0 aromatic heterocycles. The van der Waals surface area contributed by atoms with Crippen molar-refractivity contribution < 1.29 is 14.3 Å². The third-order valence-electron chi connectivity index (χ3n) is 4.21. The quantitative estimate of drug-likeness (QED) is 0.663. The second-order valence-electron chi connectivity index (χ2n) is 5.74. The van der Waals surface area contributed by atoms with E-state index in [0.29, 0.717) is 17.1 Å². The van der Waals surface area contributed by atoms with Crippen molar-refractivity contribution >= 4 is 17.2 Å². The van der Waals surface area contributed by atoms with Crippen molar-refractivity contribution in [3.63, 3.8) is 0 Å². The number of hydrogen-bond donors (Lipinski definition) is 0. The molecular formula is C21H17NO3. The Hall–Kier alpha value is -3.27. The fraction of sp³-hybridized carbons (Fsp3) is 0.0952. The number of benzene rings is 3. The van der Waals surface area contributed by atoms with Crippen molar-refractivity contribution in [2.24, 2.45) is 0 Å². The molecule has 1 unspecified atom stereocenters. The lowest BCUT2D eigenvalue weighted by Crippen LogP contribution is -2.38. The molecule has 3 aromatic rings. The Morgan fingerprint density at radius 1 is 0.960 bits per heavy atom. The first-order valence-electron chi connectivity index (χ1n) is 8.06. The molecule has 4 rings (SSSR count). The molecule has 0 saturated heterocycles. The van der Waals surface area contributed by atoms with Crippen LogP contribution in [-0.2, 0) is 0 Å². The van der Waals surface area contributed by atoms with Gasteiger partial charge in [0.1, 0.15) is 11.5 Å². The molecule has 0 bridgehead atoms. The number of carbonyl (C=O) groups is 1.